The zero-order valence-electron chi connectivity index (χ0n) is 26.8. The highest BCUT2D eigenvalue weighted by Crippen LogP contribution is 2.27. The molecule has 1 N–H and O–H groups in total. The Morgan fingerprint density at radius 1 is 0.500 bits per heavy atom. The number of H-pyrrole nitrogens is 1. The first-order valence-corrected chi connectivity index (χ1v) is 17.8. The van der Waals surface area contributed by atoms with Crippen molar-refractivity contribution < 1.29 is 4.57 Å². The molecule has 0 fully saturated rings. The van der Waals surface area contributed by atoms with Crippen LogP contribution in [0.5, 0.6) is 0 Å². The maximum atomic E-state index is 3.73. The standard InChI is InChI=1S/C36H70N2/c1-5-8-11-14-17-18-19-22-23-26-29-34(4)38-33-32-37-36(38)35(30-27-24-20-15-12-9-6-2)31-28-25-21-16-13-10-7-3/h32-35H,5-31H2,1-4H3/p+1. The normalized spacial score (nSPS) is 12.6. The Balaban J connectivity index is 2.44. The summed E-state index contributed by atoms with van der Waals surface area (Å²) in [6.45, 7) is 9.40. The van der Waals surface area contributed by atoms with E-state index in [1.165, 1.54) is 179 Å². The highest BCUT2D eigenvalue weighted by atomic mass is 15.1. The number of hydrogen-bond donors (Lipinski definition) is 1. The third kappa shape index (κ3) is 18.5. The van der Waals surface area contributed by atoms with Gasteiger partial charge in [0.1, 0.15) is 12.4 Å². The van der Waals surface area contributed by atoms with E-state index in [0.717, 1.165) is 0 Å². The van der Waals surface area contributed by atoms with Crippen molar-refractivity contribution in [3.8, 4) is 0 Å². The van der Waals surface area contributed by atoms with E-state index in [9.17, 15) is 0 Å². The number of imidazole rings is 1. The van der Waals surface area contributed by atoms with Gasteiger partial charge in [0.05, 0.1) is 12.0 Å². The Kier molecular flexibility index (Phi) is 24.5. The van der Waals surface area contributed by atoms with Gasteiger partial charge in [-0.05, 0) is 32.6 Å². The van der Waals surface area contributed by atoms with Crippen molar-refractivity contribution in [3.05, 3.63) is 18.2 Å². The van der Waals surface area contributed by atoms with Crippen LogP contribution in [0.2, 0.25) is 0 Å². The molecule has 0 aliphatic heterocycles. The van der Waals surface area contributed by atoms with E-state index in [0.29, 0.717) is 12.0 Å². The van der Waals surface area contributed by atoms with Gasteiger partial charge in [-0.1, -0.05) is 168 Å². The van der Waals surface area contributed by atoms with Crippen molar-refractivity contribution in [1.82, 2.24) is 4.98 Å². The van der Waals surface area contributed by atoms with Crippen LogP contribution in [0.15, 0.2) is 12.4 Å². The summed E-state index contributed by atoms with van der Waals surface area (Å²) >= 11 is 0. The first kappa shape index (κ1) is 35.2. The van der Waals surface area contributed by atoms with Gasteiger partial charge in [0.2, 0.25) is 0 Å². The summed E-state index contributed by atoms with van der Waals surface area (Å²) in [4.78, 5) is 3.73. The van der Waals surface area contributed by atoms with E-state index in [1.807, 2.05) is 0 Å². The van der Waals surface area contributed by atoms with E-state index in [4.69, 9.17) is 0 Å². The number of rotatable bonds is 29. The Labute approximate surface area is 240 Å². The molecule has 0 aliphatic carbocycles. The van der Waals surface area contributed by atoms with Crippen molar-refractivity contribution in [2.45, 2.75) is 213 Å². The Hall–Kier alpha value is -0.790. The molecule has 38 heavy (non-hydrogen) atoms. The molecule has 1 atom stereocenters. The van der Waals surface area contributed by atoms with Crippen molar-refractivity contribution in [2.75, 3.05) is 0 Å². The second-order valence-corrected chi connectivity index (χ2v) is 12.6. The number of nitrogens with one attached hydrogen (secondary N) is 1. The van der Waals surface area contributed by atoms with Gasteiger partial charge in [0.25, 0.3) is 5.82 Å². The van der Waals surface area contributed by atoms with E-state index < -0.39 is 0 Å². The summed E-state index contributed by atoms with van der Waals surface area (Å²) in [5.41, 5.74) is 0. The van der Waals surface area contributed by atoms with Gasteiger partial charge in [-0.15, -0.1) is 0 Å². The summed E-state index contributed by atoms with van der Waals surface area (Å²) in [5, 5.41) is 0. The minimum absolute atomic E-state index is 0.621. The largest absolute Gasteiger partial charge is 0.257 e. The van der Waals surface area contributed by atoms with Crippen LogP contribution in [0.3, 0.4) is 0 Å². The molecule has 0 aliphatic rings. The first-order valence-electron chi connectivity index (χ1n) is 17.8. The smallest absolute Gasteiger partial charge is 0.247 e. The molecule has 0 radical (unpaired) electrons. The fraction of sp³-hybridized carbons (Fsp3) is 0.917. The zero-order valence-corrected chi connectivity index (χ0v) is 26.8. The molecule has 224 valence electrons. The highest BCUT2D eigenvalue weighted by Gasteiger charge is 2.25. The van der Waals surface area contributed by atoms with Gasteiger partial charge in [-0.25, -0.2) is 9.55 Å². The minimum atomic E-state index is 0.621. The molecular formula is C36H71N2+. The van der Waals surface area contributed by atoms with Gasteiger partial charge in [0.15, 0.2) is 0 Å². The van der Waals surface area contributed by atoms with E-state index in [1.54, 1.807) is 0 Å². The Bertz CT molecular complexity index is 574. The van der Waals surface area contributed by atoms with Crippen LogP contribution in [0, 0.1) is 0 Å². The van der Waals surface area contributed by atoms with E-state index in [2.05, 4.69) is 49.6 Å². The van der Waals surface area contributed by atoms with E-state index >= 15 is 0 Å². The van der Waals surface area contributed by atoms with Gasteiger partial charge in [-0.3, -0.25) is 0 Å². The van der Waals surface area contributed by atoms with Crippen molar-refractivity contribution in [1.29, 1.82) is 0 Å². The molecule has 1 rings (SSSR count). The van der Waals surface area contributed by atoms with Crippen LogP contribution in [-0.2, 0) is 0 Å². The molecule has 2 heteroatoms. The third-order valence-electron chi connectivity index (χ3n) is 8.89. The quantitative estimate of drug-likeness (QED) is 0.0783. The van der Waals surface area contributed by atoms with Gasteiger partial charge >= 0.3 is 0 Å². The molecule has 0 saturated carbocycles. The molecule has 0 amide bonds. The number of hydrogen-bond acceptors (Lipinski definition) is 0. The summed E-state index contributed by atoms with van der Waals surface area (Å²) < 4.78 is 2.63. The SMILES string of the molecule is CCCCCCCCCCCCC(C)[n+]1cc[nH]c1C(CCCCCCCCC)CCCCCCCCC. The van der Waals surface area contributed by atoms with Crippen molar-refractivity contribution in [2.24, 2.45) is 0 Å². The summed E-state index contributed by atoms with van der Waals surface area (Å²) in [7, 11) is 0. The maximum Gasteiger partial charge on any atom is 0.257 e. The van der Waals surface area contributed by atoms with Crippen LogP contribution in [0.4, 0.5) is 0 Å². The number of aromatic nitrogens is 2. The lowest BCUT2D eigenvalue weighted by atomic mass is 9.92. The molecule has 0 spiro atoms. The second-order valence-electron chi connectivity index (χ2n) is 12.6. The maximum absolute atomic E-state index is 3.73. The summed E-state index contributed by atoms with van der Waals surface area (Å²) in [6.07, 6.45) is 42.7. The predicted octanol–water partition coefficient (Wildman–Crippen LogP) is 12.5. The average molecular weight is 532 g/mol. The fourth-order valence-electron chi connectivity index (χ4n) is 6.25. The topological polar surface area (TPSA) is 19.7 Å². The van der Waals surface area contributed by atoms with Gasteiger partial charge < -0.3 is 0 Å². The molecule has 1 unspecified atom stereocenters. The monoisotopic (exact) mass is 532 g/mol. The molecule has 2 nitrogen and oxygen atoms in total. The Morgan fingerprint density at radius 2 is 0.842 bits per heavy atom. The number of aromatic amines is 1. The lowest BCUT2D eigenvalue weighted by molar-refractivity contribution is -0.727. The highest BCUT2D eigenvalue weighted by molar-refractivity contribution is 4.90. The predicted molar refractivity (Wildman–Crippen MR) is 170 cm³/mol. The second kappa shape index (κ2) is 26.4. The number of nitrogens with zero attached hydrogens (tertiary/aromatic N) is 1. The fourth-order valence-corrected chi connectivity index (χ4v) is 6.25. The lowest BCUT2D eigenvalue weighted by Crippen LogP contribution is -2.41. The first-order chi connectivity index (χ1) is 18.7. The molecule has 0 bridgehead atoms. The van der Waals surface area contributed by atoms with Gasteiger partial charge in [-0.2, -0.15) is 0 Å². The lowest BCUT2D eigenvalue weighted by Gasteiger charge is -2.17. The van der Waals surface area contributed by atoms with E-state index in [-0.39, 0.29) is 0 Å². The molecule has 0 aromatic carbocycles. The third-order valence-corrected chi connectivity index (χ3v) is 8.89. The molecular weight excluding hydrogens is 460 g/mol. The Morgan fingerprint density at radius 3 is 1.24 bits per heavy atom. The van der Waals surface area contributed by atoms with Gasteiger partial charge in [0, 0.05) is 0 Å². The van der Waals surface area contributed by atoms with Crippen LogP contribution in [0.1, 0.15) is 219 Å². The number of unbranched alkanes of at least 4 members (excludes halogenated alkanes) is 21. The van der Waals surface area contributed by atoms with Crippen molar-refractivity contribution in [3.63, 3.8) is 0 Å². The van der Waals surface area contributed by atoms with Crippen LogP contribution in [0.25, 0.3) is 0 Å². The van der Waals surface area contributed by atoms with Crippen LogP contribution >= 0.6 is 0 Å². The zero-order chi connectivity index (χ0) is 27.5. The molecule has 1 heterocycles. The molecule has 1 aromatic heterocycles. The van der Waals surface area contributed by atoms with Crippen LogP contribution in [-0.4, -0.2) is 4.98 Å². The summed E-state index contributed by atoms with van der Waals surface area (Å²) in [5.74, 6) is 2.24. The average Bonchev–Trinajstić information content (AvgIpc) is 3.42. The molecule has 1 aromatic rings. The summed E-state index contributed by atoms with van der Waals surface area (Å²) in [6, 6.07) is 0.621. The molecule has 0 saturated heterocycles. The van der Waals surface area contributed by atoms with Crippen LogP contribution < -0.4 is 4.57 Å². The minimum Gasteiger partial charge on any atom is -0.247 e. The van der Waals surface area contributed by atoms with Crippen molar-refractivity contribution >= 4 is 0 Å².